The standard InChI is InChI=1S/C7H9NO2/c1-2-7(9)6-5-10-4-3-8-6/h1,6,8H,3-5H2. The summed E-state index contributed by atoms with van der Waals surface area (Å²) in [5.74, 6) is 1.83. The van der Waals surface area contributed by atoms with Gasteiger partial charge in [0.2, 0.25) is 5.78 Å². The fraction of sp³-hybridized carbons (Fsp3) is 0.571. The summed E-state index contributed by atoms with van der Waals surface area (Å²) < 4.78 is 5.03. The van der Waals surface area contributed by atoms with Crippen molar-refractivity contribution in [3.63, 3.8) is 0 Å². The molecule has 0 radical (unpaired) electrons. The van der Waals surface area contributed by atoms with Crippen LogP contribution in [-0.4, -0.2) is 31.6 Å². The highest BCUT2D eigenvalue weighted by molar-refractivity contribution is 5.99. The van der Waals surface area contributed by atoms with E-state index in [1.807, 2.05) is 0 Å². The monoisotopic (exact) mass is 139 g/mol. The van der Waals surface area contributed by atoms with Gasteiger partial charge in [0.05, 0.1) is 13.2 Å². The maximum absolute atomic E-state index is 10.8. The molecule has 1 saturated heterocycles. The van der Waals surface area contributed by atoms with Crippen LogP contribution in [0.1, 0.15) is 0 Å². The highest BCUT2D eigenvalue weighted by atomic mass is 16.5. The van der Waals surface area contributed by atoms with Gasteiger partial charge in [-0.2, -0.15) is 0 Å². The fourth-order valence-corrected chi connectivity index (χ4v) is 0.834. The number of ether oxygens (including phenoxy) is 1. The van der Waals surface area contributed by atoms with Crippen LogP contribution in [0.3, 0.4) is 0 Å². The second-order valence-electron chi connectivity index (χ2n) is 2.09. The molecular formula is C7H9NO2. The molecule has 1 unspecified atom stereocenters. The Balaban J connectivity index is 2.40. The van der Waals surface area contributed by atoms with Crippen molar-refractivity contribution in [2.24, 2.45) is 0 Å². The van der Waals surface area contributed by atoms with Crippen LogP contribution in [0.5, 0.6) is 0 Å². The number of carbonyl (C=O) groups is 1. The smallest absolute Gasteiger partial charge is 0.224 e. The molecule has 1 atom stereocenters. The van der Waals surface area contributed by atoms with Gasteiger partial charge in [-0.1, -0.05) is 0 Å². The van der Waals surface area contributed by atoms with E-state index < -0.39 is 0 Å². The minimum atomic E-state index is -0.279. The summed E-state index contributed by atoms with van der Waals surface area (Å²) in [6, 6.07) is -0.279. The molecule has 0 amide bonds. The van der Waals surface area contributed by atoms with Crippen molar-refractivity contribution >= 4 is 5.78 Å². The van der Waals surface area contributed by atoms with Crippen LogP contribution in [0.4, 0.5) is 0 Å². The molecule has 0 bridgehead atoms. The molecule has 10 heavy (non-hydrogen) atoms. The predicted octanol–water partition coefficient (Wildman–Crippen LogP) is -0.823. The Morgan fingerprint density at radius 2 is 2.60 bits per heavy atom. The van der Waals surface area contributed by atoms with Crippen LogP contribution in [0.15, 0.2) is 0 Å². The van der Waals surface area contributed by atoms with Gasteiger partial charge in [-0.25, -0.2) is 0 Å². The Morgan fingerprint density at radius 3 is 3.10 bits per heavy atom. The van der Waals surface area contributed by atoms with E-state index in [-0.39, 0.29) is 11.8 Å². The van der Waals surface area contributed by atoms with E-state index in [9.17, 15) is 4.79 Å². The van der Waals surface area contributed by atoms with E-state index >= 15 is 0 Å². The Bertz CT molecular complexity index is 165. The predicted molar refractivity (Wildman–Crippen MR) is 36.4 cm³/mol. The minimum Gasteiger partial charge on any atom is -0.378 e. The van der Waals surface area contributed by atoms with Crippen molar-refractivity contribution in [2.45, 2.75) is 6.04 Å². The largest absolute Gasteiger partial charge is 0.378 e. The molecule has 0 aromatic rings. The molecule has 0 aromatic heterocycles. The summed E-state index contributed by atoms with van der Waals surface area (Å²) in [5.41, 5.74) is 0. The molecule has 3 nitrogen and oxygen atoms in total. The van der Waals surface area contributed by atoms with Crippen molar-refractivity contribution in [1.82, 2.24) is 5.32 Å². The maximum atomic E-state index is 10.8. The van der Waals surface area contributed by atoms with E-state index in [4.69, 9.17) is 11.2 Å². The number of carbonyl (C=O) groups excluding carboxylic acids is 1. The Kier molecular flexibility index (Phi) is 2.43. The molecule has 3 heteroatoms. The van der Waals surface area contributed by atoms with Gasteiger partial charge in [0.25, 0.3) is 0 Å². The molecule has 1 N–H and O–H groups in total. The quantitative estimate of drug-likeness (QED) is 0.381. The summed E-state index contributed by atoms with van der Waals surface area (Å²) in [7, 11) is 0. The molecule has 54 valence electrons. The highest BCUT2D eigenvalue weighted by Crippen LogP contribution is 1.92. The molecule has 0 aromatic carbocycles. The topological polar surface area (TPSA) is 38.3 Å². The van der Waals surface area contributed by atoms with Gasteiger partial charge >= 0.3 is 0 Å². The Labute approximate surface area is 59.7 Å². The number of ketones is 1. The third-order valence-electron chi connectivity index (χ3n) is 1.38. The Morgan fingerprint density at radius 1 is 1.80 bits per heavy atom. The number of Topliss-reactive ketones (excluding diaryl/α,β-unsaturated/α-hetero) is 1. The van der Waals surface area contributed by atoms with Crippen molar-refractivity contribution in [2.75, 3.05) is 19.8 Å². The van der Waals surface area contributed by atoms with Crippen LogP contribution in [0.2, 0.25) is 0 Å². The van der Waals surface area contributed by atoms with Crippen molar-refractivity contribution in [3.05, 3.63) is 0 Å². The van der Waals surface area contributed by atoms with Gasteiger partial charge in [0.15, 0.2) is 0 Å². The minimum absolute atomic E-state index is 0.222. The second kappa shape index (κ2) is 3.35. The lowest BCUT2D eigenvalue weighted by atomic mass is 10.2. The summed E-state index contributed by atoms with van der Waals surface area (Å²) in [4.78, 5) is 10.8. The van der Waals surface area contributed by atoms with Crippen LogP contribution in [0, 0.1) is 12.3 Å². The lowest BCUT2D eigenvalue weighted by molar-refractivity contribution is -0.118. The van der Waals surface area contributed by atoms with Crippen LogP contribution in [-0.2, 0) is 9.53 Å². The highest BCUT2D eigenvalue weighted by Gasteiger charge is 2.18. The SMILES string of the molecule is C#CC(=O)C1COCCN1. The molecule has 1 heterocycles. The second-order valence-corrected chi connectivity index (χ2v) is 2.09. The molecule has 0 aliphatic carbocycles. The van der Waals surface area contributed by atoms with E-state index in [1.165, 1.54) is 0 Å². The summed E-state index contributed by atoms with van der Waals surface area (Å²) in [6.07, 6.45) is 4.91. The van der Waals surface area contributed by atoms with Crippen LogP contribution >= 0.6 is 0 Å². The summed E-state index contributed by atoms with van der Waals surface area (Å²) in [5, 5.41) is 2.95. The average molecular weight is 139 g/mol. The first-order chi connectivity index (χ1) is 4.84. The first-order valence-electron chi connectivity index (χ1n) is 3.16. The van der Waals surface area contributed by atoms with Crippen molar-refractivity contribution in [3.8, 4) is 12.3 Å². The normalized spacial score (nSPS) is 25.3. The maximum Gasteiger partial charge on any atom is 0.224 e. The molecular weight excluding hydrogens is 130 g/mol. The van der Waals surface area contributed by atoms with E-state index in [2.05, 4.69) is 11.2 Å². The van der Waals surface area contributed by atoms with Crippen molar-refractivity contribution in [1.29, 1.82) is 0 Å². The third kappa shape index (κ3) is 1.56. The fourth-order valence-electron chi connectivity index (χ4n) is 0.834. The number of rotatable bonds is 1. The van der Waals surface area contributed by atoms with Gasteiger partial charge in [-0.3, -0.25) is 4.79 Å². The zero-order chi connectivity index (χ0) is 7.40. The molecule has 1 aliphatic rings. The molecule has 1 fully saturated rings. The summed E-state index contributed by atoms with van der Waals surface area (Å²) >= 11 is 0. The van der Waals surface area contributed by atoms with Crippen LogP contribution < -0.4 is 5.32 Å². The first kappa shape index (κ1) is 7.26. The number of nitrogens with one attached hydrogen (secondary N) is 1. The first-order valence-corrected chi connectivity index (χ1v) is 3.16. The number of hydrogen-bond donors (Lipinski definition) is 1. The van der Waals surface area contributed by atoms with Gasteiger partial charge in [0.1, 0.15) is 6.04 Å². The zero-order valence-corrected chi connectivity index (χ0v) is 5.59. The van der Waals surface area contributed by atoms with E-state index in [1.54, 1.807) is 0 Å². The van der Waals surface area contributed by atoms with Gasteiger partial charge < -0.3 is 10.1 Å². The number of morpholine rings is 1. The molecule has 0 spiro atoms. The lowest BCUT2D eigenvalue weighted by Gasteiger charge is -2.20. The molecule has 1 rings (SSSR count). The number of hydrogen-bond acceptors (Lipinski definition) is 3. The number of terminal acetylenes is 1. The van der Waals surface area contributed by atoms with Gasteiger partial charge in [-0.05, 0) is 5.92 Å². The van der Waals surface area contributed by atoms with Gasteiger partial charge in [0, 0.05) is 6.54 Å². The zero-order valence-electron chi connectivity index (χ0n) is 5.59. The molecule has 1 aliphatic heterocycles. The Hall–Kier alpha value is -0.850. The van der Waals surface area contributed by atoms with Crippen LogP contribution in [0.25, 0.3) is 0 Å². The molecule has 0 saturated carbocycles. The third-order valence-corrected chi connectivity index (χ3v) is 1.38. The lowest BCUT2D eigenvalue weighted by Crippen LogP contribution is -2.45. The summed E-state index contributed by atoms with van der Waals surface area (Å²) in [6.45, 7) is 1.77. The van der Waals surface area contributed by atoms with E-state index in [0.717, 1.165) is 0 Å². The van der Waals surface area contributed by atoms with Crippen molar-refractivity contribution < 1.29 is 9.53 Å². The van der Waals surface area contributed by atoms with Gasteiger partial charge in [-0.15, -0.1) is 6.42 Å². The average Bonchev–Trinajstić information content (AvgIpc) is 2.05. The van der Waals surface area contributed by atoms with E-state index in [0.29, 0.717) is 19.8 Å².